The molecule has 0 aromatic rings. The number of nitrogens with zero attached hydrogens (tertiary/aromatic N) is 1. The van der Waals surface area contributed by atoms with Gasteiger partial charge in [0, 0.05) is 13.2 Å². The van der Waals surface area contributed by atoms with E-state index in [4.69, 9.17) is 9.47 Å². The number of urea groups is 1. The molecule has 0 aromatic heterocycles. The van der Waals surface area contributed by atoms with E-state index in [1.165, 1.54) is 7.11 Å². The average molecular weight is 369 g/mol. The van der Waals surface area contributed by atoms with E-state index in [9.17, 15) is 19.2 Å². The lowest BCUT2D eigenvalue weighted by Gasteiger charge is -2.36. The van der Waals surface area contributed by atoms with Gasteiger partial charge in [-0.25, -0.2) is 4.79 Å². The Bertz CT molecular complexity index is 581. The lowest BCUT2D eigenvalue weighted by Crippen LogP contribution is -2.54. The molecule has 2 aliphatic rings. The molecule has 146 valence electrons. The van der Waals surface area contributed by atoms with Gasteiger partial charge in [0.05, 0.1) is 6.61 Å². The fraction of sp³-hybridized carbons (Fsp3) is 0.765. The van der Waals surface area contributed by atoms with E-state index < -0.39 is 36.6 Å². The van der Waals surface area contributed by atoms with Gasteiger partial charge in [0.2, 0.25) is 0 Å². The molecule has 0 bridgehead atoms. The number of ether oxygens (including phenoxy) is 2. The van der Waals surface area contributed by atoms with E-state index in [2.05, 4.69) is 10.6 Å². The summed E-state index contributed by atoms with van der Waals surface area (Å²) in [4.78, 5) is 49.4. The molecule has 1 saturated carbocycles. The molecular formula is C17H27N3O6. The van der Waals surface area contributed by atoms with Gasteiger partial charge in [0.15, 0.2) is 6.61 Å². The Morgan fingerprint density at radius 1 is 1.38 bits per heavy atom. The van der Waals surface area contributed by atoms with Gasteiger partial charge in [0.25, 0.3) is 11.8 Å². The topological polar surface area (TPSA) is 114 Å². The summed E-state index contributed by atoms with van der Waals surface area (Å²) in [5, 5.41) is 5.36. The van der Waals surface area contributed by atoms with Gasteiger partial charge in [-0.2, -0.15) is 0 Å². The Kier molecular flexibility index (Phi) is 6.57. The van der Waals surface area contributed by atoms with Crippen molar-refractivity contribution in [3.05, 3.63) is 0 Å². The molecule has 9 nitrogen and oxygen atoms in total. The van der Waals surface area contributed by atoms with Crippen LogP contribution in [0.3, 0.4) is 0 Å². The second-order valence-corrected chi connectivity index (χ2v) is 7.02. The Balaban J connectivity index is 1.86. The number of hydrogen-bond donors (Lipinski definition) is 2. The van der Waals surface area contributed by atoms with E-state index in [1.807, 2.05) is 6.92 Å². The number of carbonyl (C=O) groups excluding carboxylic acids is 4. The molecule has 2 fully saturated rings. The maximum Gasteiger partial charge on any atom is 0.326 e. The Morgan fingerprint density at radius 3 is 2.77 bits per heavy atom. The number of nitrogens with one attached hydrogen (secondary N) is 2. The van der Waals surface area contributed by atoms with Crippen LogP contribution in [0.1, 0.15) is 39.5 Å². The smallest absolute Gasteiger partial charge is 0.326 e. The van der Waals surface area contributed by atoms with Gasteiger partial charge in [0.1, 0.15) is 12.1 Å². The molecule has 9 heteroatoms. The van der Waals surface area contributed by atoms with Crippen LogP contribution in [0.5, 0.6) is 0 Å². The highest BCUT2D eigenvalue weighted by Crippen LogP contribution is 2.38. The van der Waals surface area contributed by atoms with Crippen LogP contribution < -0.4 is 10.6 Å². The molecule has 1 aliphatic carbocycles. The van der Waals surface area contributed by atoms with Gasteiger partial charge in [-0.05, 0) is 25.7 Å². The number of imide groups is 1. The molecule has 0 unspecified atom stereocenters. The Hall–Kier alpha value is -2.16. The maximum absolute atomic E-state index is 12.7. The highest BCUT2D eigenvalue weighted by atomic mass is 16.5. The first kappa shape index (κ1) is 20.2. The molecule has 3 atom stereocenters. The molecule has 0 radical (unpaired) electrons. The van der Waals surface area contributed by atoms with Crippen LogP contribution in [0.25, 0.3) is 0 Å². The Labute approximate surface area is 152 Å². The zero-order valence-electron chi connectivity index (χ0n) is 15.5. The first-order valence-electron chi connectivity index (χ1n) is 8.88. The predicted molar refractivity (Wildman–Crippen MR) is 91.0 cm³/mol. The second-order valence-electron chi connectivity index (χ2n) is 7.02. The molecule has 0 aromatic carbocycles. The first-order chi connectivity index (χ1) is 12.3. The molecule has 1 heterocycles. The van der Waals surface area contributed by atoms with Crippen molar-refractivity contribution in [1.82, 2.24) is 15.5 Å². The molecule has 1 spiro atoms. The first-order valence-corrected chi connectivity index (χ1v) is 8.88. The minimum Gasteiger partial charge on any atom is -0.454 e. The van der Waals surface area contributed by atoms with E-state index in [1.54, 1.807) is 6.92 Å². The monoisotopic (exact) mass is 369 g/mol. The van der Waals surface area contributed by atoms with Crippen LogP contribution in [-0.4, -0.2) is 67.2 Å². The average Bonchev–Trinajstić information content (AvgIpc) is 2.81. The van der Waals surface area contributed by atoms with Crippen LogP contribution in [0, 0.1) is 5.92 Å². The van der Waals surface area contributed by atoms with Crippen molar-refractivity contribution < 1.29 is 28.7 Å². The standard InChI is InChI=1S/C17H27N3O6/c1-11-6-4-5-7-17(11)15(23)20(16(24)19-17)8-14(22)26-10-13(21)18-12(2)9-25-3/h11-12H,4-10H2,1-3H3,(H,18,21)(H,19,24)/t11-,12+,17-/m0/s1. The van der Waals surface area contributed by atoms with Crippen molar-refractivity contribution in [3.63, 3.8) is 0 Å². The highest BCUT2D eigenvalue weighted by molar-refractivity contribution is 6.09. The van der Waals surface area contributed by atoms with Gasteiger partial charge >= 0.3 is 12.0 Å². The number of methoxy groups -OCH3 is 1. The predicted octanol–water partition coefficient (Wildman–Crippen LogP) is 0.181. The van der Waals surface area contributed by atoms with Crippen LogP contribution in [0.15, 0.2) is 0 Å². The van der Waals surface area contributed by atoms with Crippen LogP contribution in [-0.2, 0) is 23.9 Å². The lowest BCUT2D eigenvalue weighted by molar-refractivity contribution is -0.151. The van der Waals surface area contributed by atoms with Gasteiger partial charge in [-0.1, -0.05) is 19.8 Å². The largest absolute Gasteiger partial charge is 0.454 e. The third-order valence-electron chi connectivity index (χ3n) is 4.98. The van der Waals surface area contributed by atoms with Crippen molar-refractivity contribution in [2.24, 2.45) is 5.92 Å². The maximum atomic E-state index is 12.7. The van der Waals surface area contributed by atoms with Crippen molar-refractivity contribution in [2.45, 2.75) is 51.1 Å². The van der Waals surface area contributed by atoms with Gasteiger partial charge in [-0.3, -0.25) is 19.3 Å². The lowest BCUT2D eigenvalue weighted by atomic mass is 9.73. The highest BCUT2D eigenvalue weighted by Gasteiger charge is 2.55. The van der Waals surface area contributed by atoms with Gasteiger partial charge < -0.3 is 20.1 Å². The minimum atomic E-state index is -0.914. The number of hydrogen-bond acceptors (Lipinski definition) is 6. The summed E-state index contributed by atoms with van der Waals surface area (Å²) in [5.74, 6) is -1.65. The van der Waals surface area contributed by atoms with E-state index >= 15 is 0 Å². The SMILES string of the molecule is COC[C@@H](C)NC(=O)COC(=O)CN1C(=O)N[C@]2(CCCC[C@@H]2C)C1=O. The summed E-state index contributed by atoms with van der Waals surface area (Å²) < 4.78 is 9.77. The van der Waals surface area contributed by atoms with E-state index in [-0.39, 0.29) is 17.9 Å². The quantitative estimate of drug-likeness (QED) is 0.489. The van der Waals surface area contributed by atoms with Crippen molar-refractivity contribution in [1.29, 1.82) is 0 Å². The fourth-order valence-corrected chi connectivity index (χ4v) is 3.57. The zero-order chi connectivity index (χ0) is 19.3. The third-order valence-corrected chi connectivity index (χ3v) is 4.98. The van der Waals surface area contributed by atoms with Crippen molar-refractivity contribution in [2.75, 3.05) is 26.9 Å². The summed E-state index contributed by atoms with van der Waals surface area (Å²) >= 11 is 0. The van der Waals surface area contributed by atoms with E-state index in [0.29, 0.717) is 13.0 Å². The normalized spacial score (nSPS) is 26.6. The summed E-state index contributed by atoms with van der Waals surface area (Å²) in [6.45, 7) is 3.05. The Morgan fingerprint density at radius 2 is 2.12 bits per heavy atom. The van der Waals surface area contributed by atoms with Crippen LogP contribution in [0.2, 0.25) is 0 Å². The van der Waals surface area contributed by atoms with Gasteiger partial charge in [-0.15, -0.1) is 0 Å². The number of amides is 4. The van der Waals surface area contributed by atoms with Crippen molar-refractivity contribution >= 4 is 23.8 Å². The van der Waals surface area contributed by atoms with Crippen molar-refractivity contribution in [3.8, 4) is 0 Å². The van der Waals surface area contributed by atoms with Crippen LogP contribution >= 0.6 is 0 Å². The molecular weight excluding hydrogens is 342 g/mol. The molecule has 4 amide bonds. The second kappa shape index (κ2) is 8.48. The zero-order valence-corrected chi connectivity index (χ0v) is 15.5. The third kappa shape index (κ3) is 4.32. The van der Waals surface area contributed by atoms with E-state index in [0.717, 1.165) is 24.2 Å². The number of esters is 1. The molecule has 2 N–H and O–H groups in total. The molecule has 2 rings (SSSR count). The molecule has 26 heavy (non-hydrogen) atoms. The fourth-order valence-electron chi connectivity index (χ4n) is 3.57. The number of rotatable bonds is 7. The molecule has 1 saturated heterocycles. The summed E-state index contributed by atoms with van der Waals surface area (Å²) in [5.41, 5.74) is -0.914. The molecule has 1 aliphatic heterocycles. The summed E-state index contributed by atoms with van der Waals surface area (Å²) in [6.07, 6.45) is 3.30. The van der Waals surface area contributed by atoms with Crippen LogP contribution in [0.4, 0.5) is 4.79 Å². The number of carbonyl (C=O) groups is 4. The minimum absolute atomic E-state index is 0.0155. The summed E-state index contributed by atoms with van der Waals surface area (Å²) in [7, 11) is 1.51. The summed E-state index contributed by atoms with van der Waals surface area (Å²) in [6, 6.07) is -0.802.